The van der Waals surface area contributed by atoms with Gasteiger partial charge in [0, 0.05) is 30.9 Å². The molecule has 0 bridgehead atoms. The van der Waals surface area contributed by atoms with E-state index in [1.54, 1.807) is 24.3 Å². The van der Waals surface area contributed by atoms with Crippen LogP contribution >= 0.6 is 11.8 Å². The summed E-state index contributed by atoms with van der Waals surface area (Å²) in [6.45, 7) is 11.1. The van der Waals surface area contributed by atoms with Gasteiger partial charge in [0.25, 0.3) is 0 Å². The predicted molar refractivity (Wildman–Crippen MR) is 137 cm³/mol. The second kappa shape index (κ2) is 11.2. The fourth-order valence-corrected chi connectivity index (χ4v) is 5.85. The van der Waals surface area contributed by atoms with Gasteiger partial charge < -0.3 is 9.88 Å². The van der Waals surface area contributed by atoms with Crippen molar-refractivity contribution in [1.29, 1.82) is 0 Å². The zero-order valence-corrected chi connectivity index (χ0v) is 21.8. The third-order valence-corrected chi connectivity index (χ3v) is 8.73. The molecule has 10 heteroatoms. The van der Waals surface area contributed by atoms with Gasteiger partial charge in [-0.1, -0.05) is 37.7 Å². The van der Waals surface area contributed by atoms with Crippen molar-refractivity contribution in [3.8, 4) is 11.4 Å². The molecule has 1 aromatic heterocycles. The van der Waals surface area contributed by atoms with Crippen molar-refractivity contribution in [2.24, 2.45) is 0 Å². The minimum absolute atomic E-state index is 0.114. The van der Waals surface area contributed by atoms with Crippen molar-refractivity contribution in [2.75, 3.05) is 24.2 Å². The second-order valence-corrected chi connectivity index (χ2v) is 10.6. The Morgan fingerprint density at radius 2 is 1.71 bits per heavy atom. The maximum absolute atomic E-state index is 12.7. The first-order valence-electron chi connectivity index (χ1n) is 11.3. The lowest BCUT2D eigenvalue weighted by molar-refractivity contribution is -0.113. The van der Waals surface area contributed by atoms with Gasteiger partial charge in [-0.3, -0.25) is 4.79 Å². The standard InChI is InChI=1S/C24H31N5O3S2/c1-6-28(7-2)34(31,32)20-14-12-19(13-15-20)23-26-27-24(29(23)8-3)33-16-22(30)25-21-11-9-10-17(4)18(21)5/h9-15H,6-8,16H2,1-5H3,(H,25,30). The summed E-state index contributed by atoms with van der Waals surface area (Å²) in [4.78, 5) is 12.8. The number of carbonyl (C=O) groups excluding carboxylic acids is 1. The molecular weight excluding hydrogens is 470 g/mol. The number of sulfonamides is 1. The number of nitrogens with one attached hydrogen (secondary N) is 1. The Morgan fingerprint density at radius 3 is 2.32 bits per heavy atom. The topological polar surface area (TPSA) is 97.2 Å². The quantitative estimate of drug-likeness (QED) is 0.415. The van der Waals surface area contributed by atoms with E-state index in [-0.39, 0.29) is 16.6 Å². The minimum atomic E-state index is -3.52. The minimum Gasteiger partial charge on any atom is -0.325 e. The molecule has 0 aliphatic heterocycles. The lowest BCUT2D eigenvalue weighted by Gasteiger charge is -2.18. The zero-order valence-electron chi connectivity index (χ0n) is 20.2. The van der Waals surface area contributed by atoms with Gasteiger partial charge in [-0.25, -0.2) is 8.42 Å². The normalized spacial score (nSPS) is 11.7. The summed E-state index contributed by atoms with van der Waals surface area (Å²) >= 11 is 1.32. The number of nitrogens with zero attached hydrogens (tertiary/aromatic N) is 4. The van der Waals surface area contributed by atoms with Crippen LogP contribution in [0.3, 0.4) is 0 Å². The van der Waals surface area contributed by atoms with Crippen molar-refractivity contribution in [1.82, 2.24) is 19.1 Å². The van der Waals surface area contributed by atoms with Crippen molar-refractivity contribution in [2.45, 2.75) is 51.2 Å². The Labute approximate surface area is 205 Å². The Bertz CT molecular complexity index is 1250. The first-order valence-corrected chi connectivity index (χ1v) is 13.7. The lowest BCUT2D eigenvalue weighted by atomic mass is 10.1. The van der Waals surface area contributed by atoms with Crippen molar-refractivity contribution < 1.29 is 13.2 Å². The summed E-state index contributed by atoms with van der Waals surface area (Å²) in [5.74, 6) is 0.718. The third-order valence-electron chi connectivity index (χ3n) is 5.70. The first kappa shape index (κ1) is 25.9. The number of aromatic nitrogens is 3. The average molecular weight is 502 g/mol. The molecule has 0 saturated carbocycles. The highest BCUT2D eigenvalue weighted by Gasteiger charge is 2.22. The van der Waals surface area contributed by atoms with E-state index in [9.17, 15) is 13.2 Å². The Kier molecular flexibility index (Phi) is 8.51. The Balaban J connectivity index is 1.74. The molecule has 1 amide bonds. The summed E-state index contributed by atoms with van der Waals surface area (Å²) in [5, 5.41) is 12.2. The summed E-state index contributed by atoms with van der Waals surface area (Å²) < 4.78 is 28.8. The number of amides is 1. The van der Waals surface area contributed by atoms with Crippen LogP contribution < -0.4 is 5.32 Å². The van der Waals surface area contributed by atoms with Crippen LogP contribution in [0, 0.1) is 13.8 Å². The molecular formula is C24H31N5O3S2. The number of rotatable bonds is 10. The molecule has 1 N–H and O–H groups in total. The number of hydrogen-bond donors (Lipinski definition) is 1. The molecule has 8 nitrogen and oxygen atoms in total. The molecule has 0 spiro atoms. The second-order valence-electron chi connectivity index (χ2n) is 7.75. The summed E-state index contributed by atoms with van der Waals surface area (Å²) in [6, 6.07) is 12.5. The van der Waals surface area contributed by atoms with E-state index < -0.39 is 10.0 Å². The lowest BCUT2D eigenvalue weighted by Crippen LogP contribution is -2.30. The Morgan fingerprint density at radius 1 is 1.03 bits per heavy atom. The predicted octanol–water partition coefficient (Wildman–Crippen LogP) is 4.34. The average Bonchev–Trinajstić information content (AvgIpc) is 3.24. The number of carbonyl (C=O) groups is 1. The maximum atomic E-state index is 12.7. The summed E-state index contributed by atoms with van der Waals surface area (Å²) in [6.07, 6.45) is 0. The smallest absolute Gasteiger partial charge is 0.243 e. The molecule has 182 valence electrons. The first-order chi connectivity index (χ1) is 16.2. The summed E-state index contributed by atoms with van der Waals surface area (Å²) in [5.41, 5.74) is 3.74. The van der Waals surface area contributed by atoms with E-state index in [0.29, 0.717) is 30.6 Å². The van der Waals surface area contributed by atoms with Gasteiger partial charge in [0.1, 0.15) is 0 Å². The fraction of sp³-hybridized carbons (Fsp3) is 0.375. The van der Waals surface area contributed by atoms with Crippen molar-refractivity contribution in [3.63, 3.8) is 0 Å². The van der Waals surface area contributed by atoms with Crippen LogP contribution in [0.1, 0.15) is 31.9 Å². The van der Waals surface area contributed by atoms with Gasteiger partial charge in [-0.2, -0.15) is 4.31 Å². The largest absolute Gasteiger partial charge is 0.325 e. The van der Waals surface area contributed by atoms with E-state index in [2.05, 4.69) is 15.5 Å². The molecule has 0 radical (unpaired) electrons. The van der Waals surface area contributed by atoms with Crippen LogP contribution in [0.25, 0.3) is 11.4 Å². The molecule has 0 fully saturated rings. The number of aryl methyl sites for hydroxylation is 1. The van der Waals surface area contributed by atoms with Crippen LogP contribution in [-0.4, -0.2) is 52.2 Å². The highest BCUT2D eigenvalue weighted by atomic mass is 32.2. The number of thioether (sulfide) groups is 1. The molecule has 2 aromatic carbocycles. The molecule has 0 aliphatic rings. The van der Waals surface area contributed by atoms with Crippen molar-refractivity contribution >= 4 is 33.4 Å². The molecule has 0 atom stereocenters. The molecule has 3 rings (SSSR count). The van der Waals surface area contributed by atoms with Gasteiger partial charge in [-0.15, -0.1) is 10.2 Å². The van der Waals surface area contributed by atoms with Gasteiger partial charge in [-0.05, 0) is 62.2 Å². The van der Waals surface area contributed by atoms with Crippen LogP contribution in [0.2, 0.25) is 0 Å². The SMILES string of the molecule is CCN(CC)S(=O)(=O)c1ccc(-c2nnc(SCC(=O)Nc3cccc(C)c3C)n2CC)cc1. The van der Waals surface area contributed by atoms with E-state index in [1.165, 1.54) is 16.1 Å². The van der Waals surface area contributed by atoms with Crippen LogP contribution in [0.15, 0.2) is 52.5 Å². The van der Waals surface area contributed by atoms with Gasteiger partial charge in [0.15, 0.2) is 11.0 Å². The fourth-order valence-electron chi connectivity index (χ4n) is 3.59. The van der Waals surface area contributed by atoms with Gasteiger partial charge in [0.2, 0.25) is 15.9 Å². The van der Waals surface area contributed by atoms with Crippen molar-refractivity contribution in [3.05, 3.63) is 53.6 Å². The highest BCUT2D eigenvalue weighted by Crippen LogP contribution is 2.26. The van der Waals surface area contributed by atoms with Gasteiger partial charge in [0.05, 0.1) is 10.6 Å². The summed E-state index contributed by atoms with van der Waals surface area (Å²) in [7, 11) is -3.52. The maximum Gasteiger partial charge on any atom is 0.243 e. The molecule has 0 unspecified atom stereocenters. The third kappa shape index (κ3) is 5.51. The van der Waals surface area contributed by atoms with E-state index in [1.807, 2.05) is 57.4 Å². The molecule has 3 aromatic rings. The molecule has 0 saturated heterocycles. The molecule has 0 aliphatic carbocycles. The zero-order chi connectivity index (χ0) is 24.9. The molecule has 1 heterocycles. The monoisotopic (exact) mass is 501 g/mol. The van der Waals surface area contributed by atoms with Crippen LogP contribution in [0.5, 0.6) is 0 Å². The van der Waals surface area contributed by atoms with Crippen LogP contribution in [0.4, 0.5) is 5.69 Å². The molecule has 34 heavy (non-hydrogen) atoms. The number of benzene rings is 2. The van der Waals surface area contributed by atoms with E-state index in [4.69, 9.17) is 0 Å². The van der Waals surface area contributed by atoms with Gasteiger partial charge >= 0.3 is 0 Å². The van der Waals surface area contributed by atoms with E-state index >= 15 is 0 Å². The number of hydrogen-bond acceptors (Lipinski definition) is 6. The van der Waals surface area contributed by atoms with Crippen LogP contribution in [-0.2, 0) is 21.4 Å². The van der Waals surface area contributed by atoms with E-state index in [0.717, 1.165) is 22.4 Å². The highest BCUT2D eigenvalue weighted by molar-refractivity contribution is 7.99. The number of anilines is 1. The Hall–Kier alpha value is -2.69.